The Balaban J connectivity index is 1.52. The fraction of sp³-hybridized carbons (Fsp3) is 0.194. The summed E-state index contributed by atoms with van der Waals surface area (Å²) < 4.78 is 46.7. The molecule has 7 heteroatoms. The van der Waals surface area contributed by atoms with Crippen LogP contribution in [0.2, 0.25) is 0 Å². The van der Waals surface area contributed by atoms with Crippen LogP contribution in [0.5, 0.6) is 0 Å². The molecule has 0 bridgehead atoms. The van der Waals surface area contributed by atoms with E-state index in [-0.39, 0.29) is 12.2 Å². The number of alkyl halides is 3. The molecule has 1 heterocycles. The second kappa shape index (κ2) is 11.3. The molecule has 5 rings (SSSR count). The molecule has 1 saturated heterocycles. The van der Waals surface area contributed by atoms with E-state index >= 15 is 8.78 Å². The van der Waals surface area contributed by atoms with Crippen LogP contribution in [-0.4, -0.2) is 34.8 Å². The van der Waals surface area contributed by atoms with Gasteiger partial charge in [-0.15, -0.1) is 0 Å². The van der Waals surface area contributed by atoms with Crippen molar-refractivity contribution < 1.29 is 27.8 Å². The molecule has 0 spiro atoms. The van der Waals surface area contributed by atoms with Crippen molar-refractivity contribution in [2.75, 3.05) is 6.61 Å². The summed E-state index contributed by atoms with van der Waals surface area (Å²) in [4.78, 5) is 12.8. The van der Waals surface area contributed by atoms with Gasteiger partial charge in [0, 0.05) is 0 Å². The van der Waals surface area contributed by atoms with E-state index < -0.39 is 33.8 Å². The first-order valence-electron chi connectivity index (χ1n) is 12.2. The van der Waals surface area contributed by atoms with Crippen molar-refractivity contribution in [1.29, 1.82) is 0 Å². The highest BCUT2D eigenvalue weighted by molar-refractivity contribution is 14.1. The molecule has 4 aromatic carbocycles. The lowest BCUT2D eigenvalue weighted by molar-refractivity contribution is -0.106. The molecule has 4 aromatic rings. The number of esters is 1. The van der Waals surface area contributed by atoms with Crippen LogP contribution in [0.15, 0.2) is 121 Å². The van der Waals surface area contributed by atoms with E-state index in [9.17, 15) is 4.79 Å². The van der Waals surface area contributed by atoms with Gasteiger partial charge in [-0.2, -0.15) is 8.78 Å². The zero-order valence-electron chi connectivity index (χ0n) is 20.3. The van der Waals surface area contributed by atoms with Crippen LogP contribution in [-0.2, 0) is 19.8 Å². The van der Waals surface area contributed by atoms with Crippen LogP contribution < -0.4 is 0 Å². The molecular formula is C31H25F2IO4. The smallest absolute Gasteiger partial charge is 0.338 e. The summed E-state index contributed by atoms with van der Waals surface area (Å²) in [6.07, 6.45) is -3.02. The highest BCUT2D eigenvalue weighted by Crippen LogP contribution is 2.45. The second-order valence-corrected chi connectivity index (χ2v) is 10.1. The monoisotopic (exact) mass is 626 g/mol. The Labute approximate surface area is 233 Å². The van der Waals surface area contributed by atoms with Gasteiger partial charge >= 0.3 is 11.9 Å². The Bertz CT molecular complexity index is 1240. The molecule has 1 aliphatic rings. The summed E-state index contributed by atoms with van der Waals surface area (Å²) in [5.74, 6) is -4.25. The summed E-state index contributed by atoms with van der Waals surface area (Å²) in [7, 11) is 0. The second-order valence-electron chi connectivity index (χ2n) is 8.95. The molecule has 1 aliphatic heterocycles. The van der Waals surface area contributed by atoms with Gasteiger partial charge in [-0.3, -0.25) is 0 Å². The Morgan fingerprint density at radius 1 is 0.763 bits per heavy atom. The molecule has 1 fully saturated rings. The van der Waals surface area contributed by atoms with E-state index in [2.05, 4.69) is 0 Å². The van der Waals surface area contributed by atoms with E-state index in [4.69, 9.17) is 14.2 Å². The molecule has 194 valence electrons. The first-order chi connectivity index (χ1) is 18.4. The maximum absolute atomic E-state index is 15.3. The minimum absolute atomic E-state index is 0.187. The van der Waals surface area contributed by atoms with Gasteiger partial charge in [-0.1, -0.05) is 109 Å². The van der Waals surface area contributed by atoms with Gasteiger partial charge in [-0.25, -0.2) is 4.79 Å². The first-order valence-corrected chi connectivity index (χ1v) is 13.4. The quantitative estimate of drug-likeness (QED) is 0.0914. The molecule has 0 amide bonds. The van der Waals surface area contributed by atoms with E-state index in [1.54, 1.807) is 40.8 Å². The Hall–Kier alpha value is -3.14. The van der Waals surface area contributed by atoms with Crippen molar-refractivity contribution in [1.82, 2.24) is 0 Å². The number of carbonyl (C=O) groups excluding carboxylic acids is 1. The number of ether oxygens (including phenoxy) is 3. The molecule has 3 atom stereocenters. The third kappa shape index (κ3) is 5.10. The number of hydrogen-bond acceptors (Lipinski definition) is 4. The predicted molar refractivity (Wildman–Crippen MR) is 148 cm³/mol. The van der Waals surface area contributed by atoms with Crippen LogP contribution >= 0.6 is 22.6 Å². The van der Waals surface area contributed by atoms with Crippen molar-refractivity contribution in [3.8, 4) is 0 Å². The molecule has 0 radical (unpaired) electrons. The minimum Gasteiger partial charge on any atom is -0.449 e. The van der Waals surface area contributed by atoms with E-state index in [0.717, 1.165) is 16.7 Å². The molecule has 4 nitrogen and oxygen atoms in total. The Kier molecular flexibility index (Phi) is 7.88. The molecule has 38 heavy (non-hydrogen) atoms. The van der Waals surface area contributed by atoms with Gasteiger partial charge in [0.25, 0.3) is 0 Å². The summed E-state index contributed by atoms with van der Waals surface area (Å²) in [6.45, 7) is -0.249. The van der Waals surface area contributed by atoms with Gasteiger partial charge in [0.15, 0.2) is 10.2 Å². The lowest BCUT2D eigenvalue weighted by Gasteiger charge is -2.37. The molecule has 0 aromatic heterocycles. The van der Waals surface area contributed by atoms with E-state index in [1.807, 2.05) is 91.0 Å². The first kappa shape index (κ1) is 26.5. The minimum atomic E-state index is -3.41. The lowest BCUT2D eigenvalue weighted by Crippen LogP contribution is -2.44. The van der Waals surface area contributed by atoms with Crippen LogP contribution in [0.25, 0.3) is 0 Å². The zero-order chi connectivity index (χ0) is 26.6. The standard InChI is InChI=1S/C31H25F2IO4/c32-31(33)27(38-28(35)22-13-5-1-6-14-22)26(37-29(31)34)21-36-30(23-15-7-2-8-16-23,24-17-9-3-10-18-24)25-19-11-4-12-20-25/h1-20,26-27,29H,21H2/t26-,27+,29?/m0/s1. The fourth-order valence-electron chi connectivity index (χ4n) is 4.71. The van der Waals surface area contributed by atoms with Crippen molar-refractivity contribution in [2.24, 2.45) is 0 Å². The molecule has 0 aliphatic carbocycles. The van der Waals surface area contributed by atoms with Crippen LogP contribution in [0.4, 0.5) is 8.78 Å². The fourth-order valence-corrected chi connectivity index (χ4v) is 5.44. The van der Waals surface area contributed by atoms with E-state index in [0.29, 0.717) is 0 Å². The number of halogens is 3. The molecular weight excluding hydrogens is 601 g/mol. The lowest BCUT2D eigenvalue weighted by atomic mass is 9.80. The number of hydrogen-bond donors (Lipinski definition) is 0. The van der Waals surface area contributed by atoms with Gasteiger partial charge in [0.1, 0.15) is 11.7 Å². The molecule has 1 unspecified atom stereocenters. The van der Waals surface area contributed by atoms with Gasteiger partial charge < -0.3 is 14.2 Å². The highest BCUT2D eigenvalue weighted by atomic mass is 127. The van der Waals surface area contributed by atoms with Gasteiger partial charge in [0.2, 0.25) is 0 Å². The Morgan fingerprint density at radius 2 is 1.18 bits per heavy atom. The number of carbonyl (C=O) groups is 1. The van der Waals surface area contributed by atoms with Crippen LogP contribution in [0, 0.1) is 0 Å². The Morgan fingerprint density at radius 3 is 1.63 bits per heavy atom. The summed E-state index contributed by atoms with van der Waals surface area (Å²) >= 11 is 1.54. The van der Waals surface area contributed by atoms with Crippen molar-refractivity contribution in [3.05, 3.63) is 144 Å². The molecule has 0 saturated carbocycles. The third-order valence-corrected chi connectivity index (χ3v) is 7.69. The highest BCUT2D eigenvalue weighted by Gasteiger charge is 2.61. The molecule has 0 N–H and O–H groups in total. The van der Waals surface area contributed by atoms with Crippen molar-refractivity contribution >= 4 is 28.6 Å². The van der Waals surface area contributed by atoms with Gasteiger partial charge in [-0.05, 0) is 51.4 Å². The largest absolute Gasteiger partial charge is 0.449 e. The topological polar surface area (TPSA) is 44.8 Å². The van der Waals surface area contributed by atoms with Crippen molar-refractivity contribution in [2.45, 2.75) is 27.8 Å². The summed E-state index contributed by atoms with van der Waals surface area (Å²) in [6, 6.07) is 36.9. The maximum Gasteiger partial charge on any atom is 0.338 e. The van der Waals surface area contributed by atoms with Crippen LogP contribution in [0.1, 0.15) is 27.0 Å². The third-order valence-electron chi connectivity index (χ3n) is 6.56. The van der Waals surface area contributed by atoms with Crippen molar-refractivity contribution in [3.63, 3.8) is 0 Å². The zero-order valence-corrected chi connectivity index (χ0v) is 22.4. The van der Waals surface area contributed by atoms with Gasteiger partial charge in [0.05, 0.1) is 12.2 Å². The maximum atomic E-state index is 15.3. The summed E-state index contributed by atoms with van der Waals surface area (Å²) in [5.41, 5.74) is 1.54. The average Bonchev–Trinajstić information content (AvgIpc) is 3.18. The number of benzene rings is 4. The predicted octanol–water partition coefficient (Wildman–Crippen LogP) is 7.02. The van der Waals surface area contributed by atoms with Crippen LogP contribution in [0.3, 0.4) is 0 Å². The summed E-state index contributed by atoms with van der Waals surface area (Å²) in [5, 5.41) is 0. The average molecular weight is 626 g/mol. The van der Waals surface area contributed by atoms with E-state index in [1.165, 1.54) is 12.1 Å². The SMILES string of the molecule is O=C(O[C@@H]1[C@H](COC(c2ccccc2)(c2ccccc2)c2ccccc2)OC(I)C1(F)F)c1ccccc1. The normalized spacial score (nSPS) is 20.7. The number of rotatable bonds is 8.